The zero-order chi connectivity index (χ0) is 9.54. The fourth-order valence-corrected chi connectivity index (χ4v) is 2.73. The van der Waals surface area contributed by atoms with E-state index < -0.39 is 0 Å². The quantitative estimate of drug-likeness (QED) is 0.668. The van der Waals surface area contributed by atoms with Crippen LogP contribution >= 0.6 is 0 Å². The van der Waals surface area contributed by atoms with E-state index >= 15 is 0 Å². The minimum Gasteiger partial charge on any atom is -0.341 e. The van der Waals surface area contributed by atoms with Crippen LogP contribution in [0.2, 0.25) is 0 Å². The molecule has 2 heterocycles. The SMILES string of the molecule is O=C(C1CC1)N1CCC2CCC(C1)N2. The molecule has 2 aliphatic heterocycles. The van der Waals surface area contributed by atoms with Gasteiger partial charge in [0.25, 0.3) is 0 Å². The van der Waals surface area contributed by atoms with Gasteiger partial charge in [-0.05, 0) is 32.1 Å². The molecule has 1 aliphatic carbocycles. The molecule has 1 amide bonds. The lowest BCUT2D eigenvalue weighted by Gasteiger charge is -2.24. The van der Waals surface area contributed by atoms with Gasteiger partial charge in [0, 0.05) is 31.1 Å². The third-order valence-corrected chi connectivity index (χ3v) is 3.76. The summed E-state index contributed by atoms with van der Waals surface area (Å²) in [6.07, 6.45) is 6.01. The Morgan fingerprint density at radius 2 is 1.86 bits per heavy atom. The van der Waals surface area contributed by atoms with Crippen molar-refractivity contribution in [3.63, 3.8) is 0 Å². The Morgan fingerprint density at radius 3 is 2.64 bits per heavy atom. The highest BCUT2D eigenvalue weighted by Crippen LogP contribution is 2.32. The lowest BCUT2D eigenvalue weighted by molar-refractivity contribution is -0.132. The van der Waals surface area contributed by atoms with E-state index in [1.165, 1.54) is 12.8 Å². The Kier molecular flexibility index (Phi) is 2.01. The predicted molar refractivity (Wildman–Crippen MR) is 53.9 cm³/mol. The van der Waals surface area contributed by atoms with E-state index in [-0.39, 0.29) is 0 Å². The zero-order valence-corrected chi connectivity index (χ0v) is 8.54. The zero-order valence-electron chi connectivity index (χ0n) is 8.54. The van der Waals surface area contributed by atoms with Crippen molar-refractivity contribution in [1.82, 2.24) is 10.2 Å². The van der Waals surface area contributed by atoms with E-state index in [1.54, 1.807) is 0 Å². The van der Waals surface area contributed by atoms with Gasteiger partial charge in [-0.3, -0.25) is 4.79 Å². The lowest BCUT2D eigenvalue weighted by atomic mass is 10.1. The molecule has 0 aromatic rings. The van der Waals surface area contributed by atoms with Crippen molar-refractivity contribution in [2.75, 3.05) is 13.1 Å². The van der Waals surface area contributed by atoms with E-state index in [0.717, 1.165) is 32.4 Å². The normalized spacial score (nSPS) is 37.0. The summed E-state index contributed by atoms with van der Waals surface area (Å²) in [7, 11) is 0. The molecule has 2 saturated heterocycles. The van der Waals surface area contributed by atoms with Crippen LogP contribution in [0.4, 0.5) is 0 Å². The number of fused-ring (bicyclic) bond motifs is 2. The van der Waals surface area contributed by atoms with Crippen LogP contribution in [0.5, 0.6) is 0 Å². The molecule has 1 N–H and O–H groups in total. The molecule has 0 spiro atoms. The molecule has 3 nitrogen and oxygen atoms in total. The van der Waals surface area contributed by atoms with Gasteiger partial charge in [0.15, 0.2) is 0 Å². The Bertz CT molecular complexity index is 250. The molecule has 0 radical (unpaired) electrons. The molecule has 0 aromatic heterocycles. The van der Waals surface area contributed by atoms with Gasteiger partial charge in [-0.2, -0.15) is 0 Å². The van der Waals surface area contributed by atoms with Gasteiger partial charge >= 0.3 is 0 Å². The third-order valence-electron chi connectivity index (χ3n) is 3.76. The van der Waals surface area contributed by atoms with Crippen molar-refractivity contribution in [3.05, 3.63) is 0 Å². The molecule has 3 heteroatoms. The maximum absolute atomic E-state index is 11.9. The van der Waals surface area contributed by atoms with Crippen LogP contribution < -0.4 is 5.32 Å². The van der Waals surface area contributed by atoms with E-state index in [0.29, 0.717) is 23.9 Å². The topological polar surface area (TPSA) is 32.3 Å². The summed E-state index contributed by atoms with van der Waals surface area (Å²) >= 11 is 0. The van der Waals surface area contributed by atoms with Gasteiger partial charge in [-0.1, -0.05) is 0 Å². The molecule has 0 aromatic carbocycles. The Hall–Kier alpha value is -0.570. The van der Waals surface area contributed by atoms with Crippen molar-refractivity contribution in [3.8, 4) is 0 Å². The molecule has 3 rings (SSSR count). The van der Waals surface area contributed by atoms with Gasteiger partial charge in [-0.15, -0.1) is 0 Å². The summed E-state index contributed by atoms with van der Waals surface area (Å²) in [4.78, 5) is 14.0. The Morgan fingerprint density at radius 1 is 1.07 bits per heavy atom. The summed E-state index contributed by atoms with van der Waals surface area (Å²) in [5.41, 5.74) is 0. The largest absolute Gasteiger partial charge is 0.341 e. The van der Waals surface area contributed by atoms with Crippen molar-refractivity contribution >= 4 is 5.91 Å². The summed E-state index contributed by atoms with van der Waals surface area (Å²) in [6, 6.07) is 1.28. The van der Waals surface area contributed by atoms with Gasteiger partial charge in [0.2, 0.25) is 5.91 Å². The summed E-state index contributed by atoms with van der Waals surface area (Å²) < 4.78 is 0. The van der Waals surface area contributed by atoms with Crippen LogP contribution in [0.3, 0.4) is 0 Å². The highest BCUT2D eigenvalue weighted by molar-refractivity contribution is 5.81. The number of hydrogen-bond acceptors (Lipinski definition) is 2. The first-order valence-corrected chi connectivity index (χ1v) is 5.88. The second kappa shape index (κ2) is 3.23. The molecular formula is C11H18N2O. The van der Waals surface area contributed by atoms with Crippen LogP contribution in [0.15, 0.2) is 0 Å². The fourth-order valence-electron chi connectivity index (χ4n) is 2.73. The van der Waals surface area contributed by atoms with E-state index in [9.17, 15) is 4.79 Å². The first-order valence-electron chi connectivity index (χ1n) is 5.88. The van der Waals surface area contributed by atoms with Crippen molar-refractivity contribution in [1.29, 1.82) is 0 Å². The van der Waals surface area contributed by atoms with Crippen LogP contribution in [0.1, 0.15) is 32.1 Å². The van der Waals surface area contributed by atoms with Crippen molar-refractivity contribution in [2.24, 2.45) is 5.92 Å². The smallest absolute Gasteiger partial charge is 0.225 e. The number of carbonyl (C=O) groups is 1. The van der Waals surface area contributed by atoms with Crippen LogP contribution in [0.25, 0.3) is 0 Å². The van der Waals surface area contributed by atoms with Crippen molar-refractivity contribution < 1.29 is 4.79 Å². The first-order chi connectivity index (χ1) is 6.83. The number of rotatable bonds is 1. The maximum Gasteiger partial charge on any atom is 0.225 e. The predicted octanol–water partition coefficient (Wildman–Crippen LogP) is 0.749. The van der Waals surface area contributed by atoms with Crippen LogP contribution in [-0.4, -0.2) is 36.0 Å². The molecule has 2 bridgehead atoms. The van der Waals surface area contributed by atoms with Gasteiger partial charge < -0.3 is 10.2 Å². The van der Waals surface area contributed by atoms with E-state index in [4.69, 9.17) is 0 Å². The average Bonchev–Trinajstić information content (AvgIpc) is 2.92. The number of nitrogens with zero attached hydrogens (tertiary/aromatic N) is 1. The minimum absolute atomic E-state index is 0.395. The molecule has 1 saturated carbocycles. The Labute approximate surface area is 84.8 Å². The Balaban J connectivity index is 1.66. The summed E-state index contributed by atoms with van der Waals surface area (Å²) in [5, 5.41) is 3.60. The van der Waals surface area contributed by atoms with Crippen LogP contribution in [-0.2, 0) is 4.79 Å². The number of nitrogens with one attached hydrogen (secondary N) is 1. The highest BCUT2D eigenvalue weighted by Gasteiger charge is 2.37. The summed E-state index contributed by atoms with van der Waals surface area (Å²) in [5.74, 6) is 0.825. The molecule has 14 heavy (non-hydrogen) atoms. The number of hydrogen-bond donors (Lipinski definition) is 1. The number of carbonyl (C=O) groups excluding carboxylic acids is 1. The summed E-state index contributed by atoms with van der Waals surface area (Å²) in [6.45, 7) is 1.95. The van der Waals surface area contributed by atoms with E-state index in [2.05, 4.69) is 10.2 Å². The van der Waals surface area contributed by atoms with Gasteiger partial charge in [0.05, 0.1) is 0 Å². The van der Waals surface area contributed by atoms with Crippen molar-refractivity contribution in [2.45, 2.75) is 44.2 Å². The first kappa shape index (κ1) is 8.72. The minimum atomic E-state index is 0.395. The van der Waals surface area contributed by atoms with Crippen LogP contribution in [0, 0.1) is 5.92 Å². The fraction of sp³-hybridized carbons (Fsp3) is 0.909. The van der Waals surface area contributed by atoms with E-state index in [1.807, 2.05) is 0 Å². The third kappa shape index (κ3) is 1.54. The molecular weight excluding hydrogens is 176 g/mol. The van der Waals surface area contributed by atoms with Gasteiger partial charge in [-0.25, -0.2) is 0 Å². The lowest BCUT2D eigenvalue weighted by Crippen LogP contribution is -2.39. The molecule has 2 unspecified atom stereocenters. The monoisotopic (exact) mass is 194 g/mol. The maximum atomic E-state index is 11.9. The number of amides is 1. The highest BCUT2D eigenvalue weighted by atomic mass is 16.2. The molecule has 3 aliphatic rings. The second-order valence-corrected chi connectivity index (χ2v) is 4.99. The molecule has 78 valence electrons. The van der Waals surface area contributed by atoms with Gasteiger partial charge in [0.1, 0.15) is 0 Å². The number of likely N-dealkylation sites (tertiary alicyclic amines) is 1. The molecule has 2 atom stereocenters. The molecule has 3 fully saturated rings. The standard InChI is InChI=1S/C11H18N2O/c14-11(8-1-2-8)13-6-5-9-3-4-10(7-13)12-9/h8-10,12H,1-7H2. The second-order valence-electron chi connectivity index (χ2n) is 4.99. The average molecular weight is 194 g/mol.